The summed E-state index contributed by atoms with van der Waals surface area (Å²) in [6.45, 7) is 0. The van der Waals surface area contributed by atoms with Crippen molar-refractivity contribution in [3.05, 3.63) is 293 Å². The van der Waals surface area contributed by atoms with Crippen LogP contribution in [0.15, 0.2) is 182 Å². The molecule has 0 aliphatic carbocycles. The summed E-state index contributed by atoms with van der Waals surface area (Å²) in [5, 5.41) is 0. The minimum atomic E-state index is -0.772. The number of esters is 20. The van der Waals surface area contributed by atoms with Crippen LogP contribution >= 0.6 is 0 Å². The predicted octanol–water partition coefficient (Wildman–Crippen LogP) is 9.87. The lowest BCUT2D eigenvalue weighted by Crippen LogP contribution is -2.02. The van der Waals surface area contributed by atoms with E-state index in [4.69, 9.17) is 0 Å². The van der Waals surface area contributed by atoms with E-state index in [0.717, 1.165) is 0 Å². The zero-order valence-corrected chi connectivity index (χ0v) is 54.6. The van der Waals surface area contributed by atoms with Crippen LogP contribution in [0.3, 0.4) is 0 Å². The van der Waals surface area contributed by atoms with Gasteiger partial charge in [-0.2, -0.15) is 0 Å². The van der Waals surface area contributed by atoms with E-state index in [1.807, 2.05) is 0 Å². The molecule has 530 valence electrons. The molecule has 10 aromatic rings. The largest absolute Gasteiger partial charge is 0.386 e. The van der Waals surface area contributed by atoms with E-state index in [-0.39, 0.29) is 111 Å². The topological polar surface area (TPSA) is 434 Å². The molecule has 30 heteroatoms. The van der Waals surface area contributed by atoms with Gasteiger partial charge in [0.15, 0.2) is 0 Å². The average molecular weight is 1470 g/mol. The maximum absolute atomic E-state index is 11.9. The van der Waals surface area contributed by atoms with Crippen LogP contribution in [0.25, 0.3) is 55.6 Å². The van der Waals surface area contributed by atoms with Crippen LogP contribution in [0.2, 0.25) is 0 Å². The molecule has 0 aromatic heterocycles. The van der Waals surface area contributed by atoms with E-state index in [2.05, 4.69) is 47.4 Å². The first-order valence-corrected chi connectivity index (χ1v) is 31.8. The van der Waals surface area contributed by atoms with E-state index in [1.165, 1.54) is 97.1 Å². The first-order chi connectivity index (χ1) is 52.8. The van der Waals surface area contributed by atoms with E-state index in [1.54, 1.807) is 84.9 Å². The number of carbonyl (C=O) groups is 20. The highest BCUT2D eigenvalue weighted by atomic mass is 16.6. The molecule has 30 nitrogen and oxygen atoms in total. The third-order valence-electron chi connectivity index (χ3n) is 18.1. The summed E-state index contributed by atoms with van der Waals surface area (Å²) < 4.78 is 45.6. The number of benzene rings is 10. The lowest BCUT2D eigenvalue weighted by atomic mass is 9.91. The maximum atomic E-state index is 11.9. The smallest absolute Gasteiger partial charge is 0.347 e. The van der Waals surface area contributed by atoms with Crippen LogP contribution in [0, 0.1) is 0 Å². The van der Waals surface area contributed by atoms with Gasteiger partial charge in [-0.15, -0.1) is 0 Å². The molecule has 110 heavy (non-hydrogen) atoms. The first-order valence-electron chi connectivity index (χ1n) is 31.8. The molecule has 0 saturated heterocycles. The Morgan fingerprint density at radius 3 is 0.482 bits per heavy atom. The lowest BCUT2D eigenvalue weighted by Gasteiger charge is -2.07. The van der Waals surface area contributed by atoms with Gasteiger partial charge in [0.25, 0.3) is 0 Å². The molecule has 0 spiro atoms. The van der Waals surface area contributed by atoms with Gasteiger partial charge in [0.05, 0.1) is 111 Å². The Morgan fingerprint density at radius 1 is 0.118 bits per heavy atom. The summed E-state index contributed by atoms with van der Waals surface area (Å²) in [6.07, 6.45) is 0. The van der Waals surface area contributed by atoms with E-state index in [0.29, 0.717) is 55.6 Å². The van der Waals surface area contributed by atoms with Crippen molar-refractivity contribution in [1.82, 2.24) is 0 Å². The minimum Gasteiger partial charge on any atom is -0.386 e. The first kappa shape index (κ1) is 68.1. The van der Waals surface area contributed by atoms with Crippen molar-refractivity contribution in [2.75, 3.05) is 0 Å². The van der Waals surface area contributed by atoms with Gasteiger partial charge in [0, 0.05) is 0 Å². The number of hydrogen-bond donors (Lipinski definition) is 0. The van der Waals surface area contributed by atoms with Crippen LogP contribution in [-0.2, 0) is 47.4 Å². The van der Waals surface area contributed by atoms with Crippen LogP contribution < -0.4 is 0 Å². The molecule has 0 N–H and O–H groups in total. The van der Waals surface area contributed by atoms with E-state index in [9.17, 15) is 95.9 Å². The van der Waals surface area contributed by atoms with Crippen molar-refractivity contribution >= 4 is 119 Å². The molecule has 0 unspecified atom stereocenters. The molecule has 10 aliphatic rings. The quantitative estimate of drug-likeness (QED) is 0.0878. The van der Waals surface area contributed by atoms with Crippen molar-refractivity contribution in [2.24, 2.45) is 0 Å². The molecular weight excluding hydrogens is 1440 g/mol. The molecule has 20 rings (SSSR count). The molecule has 10 aromatic carbocycles. The second-order valence-electron chi connectivity index (χ2n) is 24.2. The molecule has 0 atom stereocenters. The van der Waals surface area contributed by atoms with Crippen LogP contribution in [0.5, 0.6) is 0 Å². The molecule has 10 aliphatic heterocycles. The predicted molar refractivity (Wildman–Crippen MR) is 357 cm³/mol. The minimum absolute atomic E-state index is 0.0908. The standard InChI is InChI=1S/5C16H6O6/c2*17-13-9-3-1-7(5-11(9)15(19)21-13)8-2-4-10-12(6-8)16(20)22-14(10)18;17-13-9-5-1-3-7(11(9)15(19)21-13)8-4-2-6-10-12(8)16(20)22-14(10)18;2*17-13-9-5-4-7(6-11(9)15(19)21-13)8-2-1-3-10-12(8)16(20)22-14(10)18/h5*1-6H. The average Bonchev–Trinajstić information content (AvgIpc) is 0.976. The number of cyclic esters (lactones) is 20. The lowest BCUT2D eigenvalue weighted by molar-refractivity contribution is 0.0425. The van der Waals surface area contributed by atoms with Gasteiger partial charge in [-0.25, -0.2) is 95.9 Å². The highest BCUT2D eigenvalue weighted by molar-refractivity contribution is 6.25. The van der Waals surface area contributed by atoms with Crippen molar-refractivity contribution in [3.8, 4) is 55.6 Å². The summed E-state index contributed by atoms with van der Waals surface area (Å²) in [5.74, 6) is -14.2. The highest BCUT2D eigenvalue weighted by Crippen LogP contribution is 2.40. The van der Waals surface area contributed by atoms with Gasteiger partial charge in [-0.1, -0.05) is 84.9 Å². The van der Waals surface area contributed by atoms with Crippen molar-refractivity contribution in [3.63, 3.8) is 0 Å². The fourth-order valence-electron chi connectivity index (χ4n) is 13.0. The number of fused-ring (bicyclic) bond motifs is 10. The second kappa shape index (κ2) is 25.8. The van der Waals surface area contributed by atoms with Gasteiger partial charge in [-0.3, -0.25) is 0 Å². The van der Waals surface area contributed by atoms with Crippen LogP contribution in [-0.4, -0.2) is 119 Å². The summed E-state index contributed by atoms with van der Waals surface area (Å²) in [4.78, 5) is 232. The Labute approximate surface area is 609 Å². The normalized spacial score (nSPS) is 15.5. The molecule has 10 heterocycles. The van der Waals surface area contributed by atoms with Gasteiger partial charge >= 0.3 is 119 Å². The number of carbonyl (C=O) groups excluding carboxylic acids is 20. The highest BCUT2D eigenvalue weighted by Gasteiger charge is 2.41. The molecule has 0 amide bonds. The summed E-state index contributed by atoms with van der Waals surface area (Å²) >= 11 is 0. The maximum Gasteiger partial charge on any atom is 0.347 e. The molecule has 0 bridgehead atoms. The molecule has 0 saturated carbocycles. The Kier molecular flexibility index (Phi) is 15.9. The van der Waals surface area contributed by atoms with Gasteiger partial charge < -0.3 is 47.4 Å². The SMILES string of the molecule is O=C1OC(=O)c2c1cccc2-c1cccc2c1C(=O)OC2=O.O=C1OC(=O)c2cc(-c3ccc4c(c3)C(=O)OC4=O)ccc21.O=C1OC(=O)c2cc(-c3ccc4c(c3)C(=O)OC4=O)ccc21.O=C1OC(=O)c2cc(-c3cccc4c3C(=O)OC4=O)ccc21.O=C1OC(=O)c2cc(-c3cccc4c3C(=O)OC4=O)ccc21. The van der Waals surface area contributed by atoms with E-state index >= 15 is 0 Å². The van der Waals surface area contributed by atoms with Crippen molar-refractivity contribution < 1.29 is 143 Å². The second-order valence-corrected chi connectivity index (χ2v) is 24.2. The monoisotopic (exact) mass is 1470 g/mol. The van der Waals surface area contributed by atoms with Crippen LogP contribution in [0.1, 0.15) is 207 Å². The zero-order valence-electron chi connectivity index (χ0n) is 54.6. The van der Waals surface area contributed by atoms with Crippen molar-refractivity contribution in [1.29, 1.82) is 0 Å². The Morgan fingerprint density at radius 2 is 0.264 bits per heavy atom. The third-order valence-corrected chi connectivity index (χ3v) is 18.1. The fourth-order valence-corrected chi connectivity index (χ4v) is 13.0. The summed E-state index contributed by atoms with van der Waals surface area (Å²) in [7, 11) is 0. The van der Waals surface area contributed by atoms with E-state index < -0.39 is 119 Å². The van der Waals surface area contributed by atoms with Crippen molar-refractivity contribution in [2.45, 2.75) is 0 Å². The zero-order chi connectivity index (χ0) is 77.2. The van der Waals surface area contributed by atoms with Gasteiger partial charge in [-0.05, 0) is 153 Å². The summed E-state index contributed by atoms with van der Waals surface area (Å²) in [5.41, 5.74) is 8.53. The fraction of sp³-hybridized carbons (Fsp3) is 0. The van der Waals surface area contributed by atoms with Crippen LogP contribution in [0.4, 0.5) is 0 Å². The molecular formula is C80H30O30. The molecule has 0 radical (unpaired) electrons. The Balaban J connectivity index is 0.000000104. The Hall–Kier alpha value is -16.4. The Bertz CT molecular complexity index is 5740. The number of ether oxygens (including phenoxy) is 10. The molecule has 0 fully saturated rings. The van der Waals surface area contributed by atoms with Gasteiger partial charge in [0.2, 0.25) is 0 Å². The third kappa shape index (κ3) is 11.3. The van der Waals surface area contributed by atoms with Gasteiger partial charge in [0.1, 0.15) is 0 Å². The number of hydrogen-bond acceptors (Lipinski definition) is 30. The summed E-state index contributed by atoms with van der Waals surface area (Å²) in [6, 6.07) is 46.4. The number of rotatable bonds is 5.